The van der Waals surface area contributed by atoms with E-state index >= 15 is 0 Å². The van der Waals surface area contributed by atoms with Gasteiger partial charge in [0.2, 0.25) is 0 Å². The summed E-state index contributed by atoms with van der Waals surface area (Å²) in [7, 11) is 0. The second-order valence-corrected chi connectivity index (χ2v) is 15.6. The van der Waals surface area contributed by atoms with Gasteiger partial charge in [0.1, 0.15) is 0 Å². The van der Waals surface area contributed by atoms with Crippen molar-refractivity contribution in [1.82, 2.24) is 4.57 Å². The maximum atomic E-state index is 2.54. The van der Waals surface area contributed by atoms with E-state index in [0.717, 1.165) is 5.69 Å². The molecule has 0 fully saturated rings. The summed E-state index contributed by atoms with van der Waals surface area (Å²) >= 11 is 0. The SMILES string of the molecule is c1ccc(-c2ccccc2-c2cc3ccccc3c3c2c2ccc4ccccc4c2n3-c2ccc(-c3c4ccccc4c(-c4ccccc4)c4ccccc34)cc2)cc1. The maximum absolute atomic E-state index is 2.54. The quantitative estimate of drug-likeness (QED) is 0.155. The van der Waals surface area contributed by atoms with Crippen LogP contribution in [-0.4, -0.2) is 4.57 Å². The van der Waals surface area contributed by atoms with Crippen LogP contribution in [0.3, 0.4) is 0 Å². The van der Waals surface area contributed by atoms with E-state index in [2.05, 4.69) is 229 Å². The van der Waals surface area contributed by atoms with Crippen molar-refractivity contribution in [2.75, 3.05) is 0 Å². The third kappa shape index (κ3) is 5.18. The summed E-state index contributed by atoms with van der Waals surface area (Å²) in [6.07, 6.45) is 0. The van der Waals surface area contributed by atoms with Crippen LogP contribution in [0.4, 0.5) is 0 Å². The van der Waals surface area contributed by atoms with Crippen molar-refractivity contribution in [3.05, 3.63) is 224 Å². The fourth-order valence-corrected chi connectivity index (χ4v) is 9.83. The fraction of sp³-hybridized carbons (Fsp3) is 0. The molecule has 0 aliphatic rings. The van der Waals surface area contributed by atoms with Crippen molar-refractivity contribution < 1.29 is 0 Å². The molecule has 0 radical (unpaired) electrons. The second kappa shape index (κ2) is 13.4. The highest BCUT2D eigenvalue weighted by Gasteiger charge is 2.23. The first kappa shape index (κ1) is 33.4. The van der Waals surface area contributed by atoms with Gasteiger partial charge in [-0.3, -0.25) is 0 Å². The number of hydrogen-bond donors (Lipinski definition) is 0. The van der Waals surface area contributed by atoms with E-state index in [1.807, 2.05) is 0 Å². The summed E-state index contributed by atoms with van der Waals surface area (Å²) in [5.74, 6) is 0. The Morgan fingerprint density at radius 3 is 1.32 bits per heavy atom. The van der Waals surface area contributed by atoms with E-state index < -0.39 is 0 Å². The molecule has 1 heterocycles. The number of benzene rings is 11. The van der Waals surface area contributed by atoms with Crippen LogP contribution in [-0.2, 0) is 0 Å². The van der Waals surface area contributed by atoms with Gasteiger partial charge in [-0.1, -0.05) is 206 Å². The van der Waals surface area contributed by atoms with Crippen LogP contribution in [0.5, 0.6) is 0 Å². The molecule has 12 aromatic rings. The molecule has 0 N–H and O–H groups in total. The third-order valence-electron chi connectivity index (χ3n) is 12.3. The van der Waals surface area contributed by atoms with Crippen molar-refractivity contribution in [3.63, 3.8) is 0 Å². The first-order valence-electron chi connectivity index (χ1n) is 20.4. The molecule has 0 saturated carbocycles. The summed E-state index contributed by atoms with van der Waals surface area (Å²) in [6, 6.07) is 82.5. The van der Waals surface area contributed by atoms with Crippen LogP contribution >= 0.6 is 0 Å². The minimum atomic E-state index is 1.14. The van der Waals surface area contributed by atoms with Crippen molar-refractivity contribution in [2.24, 2.45) is 0 Å². The van der Waals surface area contributed by atoms with Gasteiger partial charge in [0.15, 0.2) is 0 Å². The summed E-state index contributed by atoms with van der Waals surface area (Å²) < 4.78 is 2.54. The van der Waals surface area contributed by atoms with Crippen LogP contribution in [0.15, 0.2) is 224 Å². The minimum Gasteiger partial charge on any atom is -0.308 e. The summed E-state index contributed by atoms with van der Waals surface area (Å²) in [6.45, 7) is 0. The van der Waals surface area contributed by atoms with E-state index in [1.165, 1.54) is 109 Å². The van der Waals surface area contributed by atoms with Gasteiger partial charge >= 0.3 is 0 Å². The van der Waals surface area contributed by atoms with Gasteiger partial charge in [0.05, 0.1) is 11.0 Å². The van der Waals surface area contributed by atoms with Crippen molar-refractivity contribution >= 4 is 64.9 Å². The molecule has 0 atom stereocenters. The summed E-state index contributed by atoms with van der Waals surface area (Å²) in [5, 5.41) is 12.5. The molecule has 1 aromatic heterocycles. The summed E-state index contributed by atoms with van der Waals surface area (Å²) in [4.78, 5) is 0. The van der Waals surface area contributed by atoms with Crippen LogP contribution in [0.25, 0.3) is 115 Å². The van der Waals surface area contributed by atoms with Crippen LogP contribution < -0.4 is 0 Å². The normalized spacial score (nSPS) is 11.7. The van der Waals surface area contributed by atoms with Crippen LogP contribution in [0, 0.1) is 0 Å². The molecule has 12 rings (SSSR count). The Morgan fingerprint density at radius 2 is 0.712 bits per heavy atom. The lowest BCUT2D eigenvalue weighted by atomic mass is 9.86. The van der Waals surface area contributed by atoms with E-state index in [0.29, 0.717) is 0 Å². The first-order chi connectivity index (χ1) is 29.3. The van der Waals surface area contributed by atoms with Crippen molar-refractivity contribution in [3.8, 4) is 50.2 Å². The largest absolute Gasteiger partial charge is 0.308 e. The molecule has 0 bridgehead atoms. The monoisotopic (exact) mass is 747 g/mol. The molecule has 0 aliphatic carbocycles. The van der Waals surface area contributed by atoms with Gasteiger partial charge in [-0.2, -0.15) is 0 Å². The smallest absolute Gasteiger partial charge is 0.0625 e. The lowest BCUT2D eigenvalue weighted by molar-refractivity contribution is 1.19. The van der Waals surface area contributed by atoms with Crippen LogP contribution in [0.2, 0.25) is 0 Å². The number of rotatable bonds is 5. The predicted molar refractivity (Wildman–Crippen MR) is 253 cm³/mol. The average molecular weight is 748 g/mol. The molecule has 1 heteroatoms. The molecule has 0 amide bonds. The molecule has 0 unspecified atom stereocenters. The van der Waals surface area contributed by atoms with Crippen molar-refractivity contribution in [2.45, 2.75) is 0 Å². The van der Waals surface area contributed by atoms with Crippen molar-refractivity contribution in [1.29, 1.82) is 0 Å². The van der Waals surface area contributed by atoms with Gasteiger partial charge in [0, 0.05) is 27.2 Å². The third-order valence-corrected chi connectivity index (χ3v) is 12.3. The molecular formula is C58H37N. The molecule has 0 saturated heterocycles. The topological polar surface area (TPSA) is 4.93 Å². The summed E-state index contributed by atoms with van der Waals surface area (Å²) in [5.41, 5.74) is 13.5. The van der Waals surface area contributed by atoms with Gasteiger partial charge in [0.25, 0.3) is 0 Å². The van der Waals surface area contributed by atoms with Gasteiger partial charge in [-0.25, -0.2) is 0 Å². The lowest BCUT2D eigenvalue weighted by Crippen LogP contribution is -1.96. The number of nitrogens with zero attached hydrogens (tertiary/aromatic N) is 1. The minimum absolute atomic E-state index is 1.14. The molecule has 0 spiro atoms. The molecule has 59 heavy (non-hydrogen) atoms. The van der Waals surface area contributed by atoms with Gasteiger partial charge in [-0.15, -0.1) is 0 Å². The molecule has 1 nitrogen and oxygen atoms in total. The highest BCUT2D eigenvalue weighted by Crippen LogP contribution is 2.48. The Hall–Kier alpha value is -7.74. The second-order valence-electron chi connectivity index (χ2n) is 15.6. The molecule has 274 valence electrons. The Labute approximate surface area is 342 Å². The first-order valence-corrected chi connectivity index (χ1v) is 20.4. The number of hydrogen-bond acceptors (Lipinski definition) is 0. The zero-order chi connectivity index (χ0) is 38.9. The highest BCUT2D eigenvalue weighted by molar-refractivity contribution is 6.28. The maximum Gasteiger partial charge on any atom is 0.0625 e. The number of aromatic nitrogens is 1. The average Bonchev–Trinajstić information content (AvgIpc) is 3.67. The van der Waals surface area contributed by atoms with Gasteiger partial charge in [-0.05, 0) is 95.0 Å². The Morgan fingerprint density at radius 1 is 0.254 bits per heavy atom. The van der Waals surface area contributed by atoms with E-state index in [1.54, 1.807) is 0 Å². The molecular weight excluding hydrogens is 711 g/mol. The zero-order valence-electron chi connectivity index (χ0n) is 32.3. The Kier molecular flexibility index (Phi) is 7.61. The van der Waals surface area contributed by atoms with E-state index in [9.17, 15) is 0 Å². The Bertz CT molecular complexity index is 3520. The molecule has 11 aromatic carbocycles. The predicted octanol–water partition coefficient (Wildman–Crippen LogP) is 16.1. The fourth-order valence-electron chi connectivity index (χ4n) is 9.83. The Balaban J connectivity index is 1.16. The van der Waals surface area contributed by atoms with Gasteiger partial charge < -0.3 is 4.57 Å². The highest BCUT2D eigenvalue weighted by atomic mass is 15.0. The van der Waals surface area contributed by atoms with E-state index in [4.69, 9.17) is 0 Å². The number of fused-ring (bicyclic) bond motifs is 9. The zero-order valence-corrected chi connectivity index (χ0v) is 32.3. The van der Waals surface area contributed by atoms with Crippen LogP contribution in [0.1, 0.15) is 0 Å². The molecule has 0 aliphatic heterocycles. The lowest BCUT2D eigenvalue weighted by Gasteiger charge is -2.18. The van der Waals surface area contributed by atoms with E-state index in [-0.39, 0.29) is 0 Å². The standard InChI is InChI=1S/C58H37N/c1-3-17-38(18-4-1)44-23-11-12-26-47(44)53-37-42-22-8-10-25-46(42)58-56(53)52-36-33-39-19-7-9-24-45(39)57(52)59(58)43-34-31-41(32-35-43)55-50-29-15-13-27-48(50)54(40-20-5-2-6-21-40)49-28-14-16-30-51(49)55/h1-37H.